The summed E-state index contributed by atoms with van der Waals surface area (Å²) in [6.45, 7) is 3.93. The molecule has 0 radical (unpaired) electrons. The molecule has 5 nitrogen and oxygen atoms in total. The molecular formula is C13H19N4O+. The van der Waals surface area contributed by atoms with Crippen molar-refractivity contribution in [3.63, 3.8) is 0 Å². The highest BCUT2D eigenvalue weighted by atomic mass is 16.5. The van der Waals surface area contributed by atoms with Gasteiger partial charge in [0.25, 0.3) is 0 Å². The van der Waals surface area contributed by atoms with Gasteiger partial charge in [-0.05, 0) is 36.8 Å². The van der Waals surface area contributed by atoms with E-state index in [0.29, 0.717) is 0 Å². The van der Waals surface area contributed by atoms with Gasteiger partial charge in [0, 0.05) is 6.42 Å². The summed E-state index contributed by atoms with van der Waals surface area (Å²) in [5.74, 6) is 1.72. The van der Waals surface area contributed by atoms with Crippen molar-refractivity contribution in [2.45, 2.75) is 13.3 Å². The molecule has 0 saturated carbocycles. The molecule has 5 heteroatoms. The average Bonchev–Trinajstić information content (AvgIpc) is 2.46. The van der Waals surface area contributed by atoms with E-state index in [4.69, 9.17) is 4.74 Å². The second-order valence-corrected chi connectivity index (χ2v) is 4.12. The first-order chi connectivity index (χ1) is 8.79. The van der Waals surface area contributed by atoms with Crippen molar-refractivity contribution in [1.82, 2.24) is 10.7 Å². The van der Waals surface area contributed by atoms with Crippen molar-refractivity contribution < 1.29 is 9.73 Å². The number of benzene rings is 1. The lowest BCUT2D eigenvalue weighted by atomic mass is 10.1. The summed E-state index contributed by atoms with van der Waals surface area (Å²) in [5.41, 5.74) is 5.00. The zero-order valence-electron chi connectivity index (χ0n) is 10.8. The van der Waals surface area contributed by atoms with Crippen LogP contribution in [0.15, 0.2) is 29.4 Å². The van der Waals surface area contributed by atoms with Gasteiger partial charge in [0.05, 0.1) is 25.9 Å². The second-order valence-electron chi connectivity index (χ2n) is 4.12. The number of hydrazone groups is 1. The lowest BCUT2D eigenvalue weighted by Crippen LogP contribution is -2.81. The molecule has 1 aromatic carbocycles. The third kappa shape index (κ3) is 3.23. The SMILES string of the molecule is COc1ccc(/C(C)=N\NC2=[NH+]CCCN2)cc1. The Hall–Kier alpha value is -2.04. The zero-order valence-corrected chi connectivity index (χ0v) is 10.8. The van der Waals surface area contributed by atoms with Crippen LogP contribution in [0.5, 0.6) is 5.75 Å². The van der Waals surface area contributed by atoms with Gasteiger partial charge >= 0.3 is 5.96 Å². The molecule has 96 valence electrons. The van der Waals surface area contributed by atoms with Crippen molar-refractivity contribution in [1.29, 1.82) is 0 Å². The Morgan fingerprint density at radius 2 is 2.17 bits per heavy atom. The van der Waals surface area contributed by atoms with Crippen LogP contribution in [0.4, 0.5) is 0 Å². The molecular weight excluding hydrogens is 228 g/mol. The number of hydrogen-bond acceptors (Lipinski definition) is 4. The number of hydrogen-bond donors (Lipinski definition) is 3. The Bertz CT molecular complexity index is 451. The number of nitrogens with zero attached hydrogens (tertiary/aromatic N) is 1. The lowest BCUT2D eigenvalue weighted by molar-refractivity contribution is -0.466. The van der Waals surface area contributed by atoms with Gasteiger partial charge in [-0.2, -0.15) is 5.43 Å². The van der Waals surface area contributed by atoms with Gasteiger partial charge in [-0.3, -0.25) is 10.3 Å². The van der Waals surface area contributed by atoms with E-state index in [1.165, 1.54) is 0 Å². The Morgan fingerprint density at radius 3 is 2.78 bits per heavy atom. The van der Waals surface area contributed by atoms with Gasteiger partial charge in [-0.1, -0.05) is 0 Å². The van der Waals surface area contributed by atoms with E-state index in [1.54, 1.807) is 7.11 Å². The van der Waals surface area contributed by atoms with Crippen LogP contribution in [-0.4, -0.2) is 31.9 Å². The highest BCUT2D eigenvalue weighted by Gasteiger charge is 2.09. The number of rotatable bonds is 3. The third-order valence-corrected chi connectivity index (χ3v) is 2.80. The Balaban J connectivity index is 2.00. The van der Waals surface area contributed by atoms with Gasteiger partial charge in [0.15, 0.2) is 0 Å². The van der Waals surface area contributed by atoms with Gasteiger partial charge < -0.3 is 4.74 Å². The van der Waals surface area contributed by atoms with Gasteiger partial charge in [0.2, 0.25) is 0 Å². The van der Waals surface area contributed by atoms with Crippen LogP contribution in [-0.2, 0) is 0 Å². The highest BCUT2D eigenvalue weighted by Crippen LogP contribution is 2.11. The maximum absolute atomic E-state index is 5.12. The van der Waals surface area contributed by atoms with Crippen LogP contribution < -0.4 is 20.5 Å². The van der Waals surface area contributed by atoms with Crippen molar-refractivity contribution in [2.24, 2.45) is 5.10 Å². The smallest absolute Gasteiger partial charge is 0.367 e. The average molecular weight is 247 g/mol. The predicted molar refractivity (Wildman–Crippen MR) is 71.8 cm³/mol. The van der Waals surface area contributed by atoms with E-state index >= 15 is 0 Å². The maximum Gasteiger partial charge on any atom is 0.367 e. The first kappa shape index (κ1) is 12.4. The van der Waals surface area contributed by atoms with Crippen molar-refractivity contribution in [3.05, 3.63) is 29.8 Å². The van der Waals surface area contributed by atoms with Crippen molar-refractivity contribution in [2.75, 3.05) is 20.2 Å². The molecule has 0 unspecified atom stereocenters. The molecule has 0 fully saturated rings. The lowest BCUT2D eigenvalue weighted by Gasteiger charge is -2.07. The molecule has 0 bridgehead atoms. The molecule has 0 atom stereocenters. The maximum atomic E-state index is 5.12. The summed E-state index contributed by atoms with van der Waals surface area (Å²) in [7, 11) is 1.66. The fourth-order valence-electron chi connectivity index (χ4n) is 1.69. The normalized spacial score (nSPS) is 15.7. The fourth-order valence-corrected chi connectivity index (χ4v) is 1.69. The number of nitrogens with one attached hydrogen (secondary N) is 3. The first-order valence-electron chi connectivity index (χ1n) is 6.09. The summed E-state index contributed by atoms with van der Waals surface area (Å²) < 4.78 is 5.12. The monoisotopic (exact) mass is 247 g/mol. The van der Waals surface area contributed by atoms with Crippen LogP contribution >= 0.6 is 0 Å². The van der Waals surface area contributed by atoms with Crippen LogP contribution in [0.3, 0.4) is 0 Å². The number of guanidine groups is 1. The number of methoxy groups -OCH3 is 1. The quantitative estimate of drug-likeness (QED) is 0.496. The van der Waals surface area contributed by atoms with E-state index in [2.05, 4.69) is 20.8 Å². The third-order valence-electron chi connectivity index (χ3n) is 2.80. The minimum absolute atomic E-state index is 0.851. The van der Waals surface area contributed by atoms with Gasteiger partial charge in [-0.15, -0.1) is 5.10 Å². The standard InChI is InChI=1S/C13H18N4O/c1-10(11-4-6-12(18-2)7-5-11)16-17-13-14-8-3-9-15-13/h4-7H,3,8-9H2,1-2H3,(H2,14,15,17)/p+1/b16-10-. The summed E-state index contributed by atoms with van der Waals surface area (Å²) in [6.07, 6.45) is 1.13. The molecule has 0 amide bonds. The van der Waals surface area contributed by atoms with Gasteiger partial charge in [-0.25, -0.2) is 0 Å². The van der Waals surface area contributed by atoms with Crippen LogP contribution in [0.25, 0.3) is 0 Å². The number of ether oxygens (including phenoxy) is 1. The summed E-state index contributed by atoms with van der Waals surface area (Å²) in [5, 5.41) is 7.55. The molecule has 18 heavy (non-hydrogen) atoms. The van der Waals surface area contributed by atoms with E-state index in [9.17, 15) is 0 Å². The Morgan fingerprint density at radius 1 is 1.39 bits per heavy atom. The van der Waals surface area contributed by atoms with E-state index in [0.717, 1.165) is 42.5 Å². The van der Waals surface area contributed by atoms with Crippen LogP contribution in [0.2, 0.25) is 0 Å². The molecule has 1 heterocycles. The Kier molecular flexibility index (Phi) is 4.17. The molecule has 1 aliphatic rings. The minimum Gasteiger partial charge on any atom is -0.497 e. The molecule has 1 aromatic rings. The summed E-state index contributed by atoms with van der Waals surface area (Å²) >= 11 is 0. The topological polar surface area (TPSA) is 59.6 Å². The van der Waals surface area contributed by atoms with Gasteiger partial charge in [0.1, 0.15) is 5.75 Å². The molecule has 2 rings (SSSR count). The largest absolute Gasteiger partial charge is 0.497 e. The van der Waals surface area contributed by atoms with E-state index in [1.807, 2.05) is 31.2 Å². The fraction of sp³-hybridized carbons (Fsp3) is 0.385. The summed E-state index contributed by atoms with van der Waals surface area (Å²) in [6, 6.07) is 7.84. The Labute approximate surface area is 107 Å². The molecule has 0 spiro atoms. The van der Waals surface area contributed by atoms with Crippen LogP contribution in [0, 0.1) is 0 Å². The molecule has 0 saturated heterocycles. The summed E-state index contributed by atoms with van der Waals surface area (Å²) in [4.78, 5) is 3.21. The van der Waals surface area contributed by atoms with E-state index in [-0.39, 0.29) is 0 Å². The van der Waals surface area contributed by atoms with E-state index < -0.39 is 0 Å². The predicted octanol–water partition coefficient (Wildman–Crippen LogP) is -0.561. The van der Waals surface area contributed by atoms with Crippen molar-refractivity contribution >= 4 is 11.7 Å². The molecule has 0 aliphatic carbocycles. The first-order valence-corrected chi connectivity index (χ1v) is 6.09. The van der Waals surface area contributed by atoms with Crippen LogP contribution in [0.1, 0.15) is 18.9 Å². The molecule has 3 N–H and O–H groups in total. The highest BCUT2D eigenvalue weighted by molar-refractivity contribution is 5.99. The minimum atomic E-state index is 0.851. The molecule has 1 aliphatic heterocycles. The zero-order chi connectivity index (χ0) is 12.8. The second kappa shape index (κ2) is 6.05. The molecule has 0 aromatic heterocycles. The van der Waals surface area contributed by atoms with Crippen molar-refractivity contribution in [3.8, 4) is 5.75 Å².